The van der Waals surface area contributed by atoms with E-state index in [1.54, 1.807) is 0 Å². The van der Waals surface area contributed by atoms with E-state index in [0.717, 1.165) is 17.2 Å². The molecule has 0 spiro atoms. The summed E-state index contributed by atoms with van der Waals surface area (Å²) in [6, 6.07) is 8.84. The molecule has 32 heavy (non-hydrogen) atoms. The largest absolute Gasteiger partial charge is 0.463 e. The highest BCUT2D eigenvalue weighted by Gasteiger charge is 2.35. The Hall–Kier alpha value is -2.80. The lowest BCUT2D eigenvalue weighted by Gasteiger charge is -2.32. The number of aryl methyl sites for hydroxylation is 1. The van der Waals surface area contributed by atoms with Gasteiger partial charge in [0.15, 0.2) is 11.5 Å². The standard InChI is InChI=1S/C25H29N5OS/c1-15-27-13-20(32-15)12-16-4-6-17(7-5-16)18-8-10-19(11-9-18)22-25(2,3)31-24-21(30-22)23(26)28-14-29-24/h8-11,13-14,16-17H,4-7,12H2,1-3H3,(H2,26,28,29)/t16-,17-. The predicted octanol–water partition coefficient (Wildman–Crippen LogP) is 5.63. The number of benzene rings is 1. The number of aromatic nitrogens is 3. The molecule has 0 amide bonds. The number of nitrogens with two attached hydrogens (primary N) is 1. The van der Waals surface area contributed by atoms with Crippen LogP contribution in [0.15, 0.2) is 41.8 Å². The van der Waals surface area contributed by atoms with Crippen LogP contribution in [0.3, 0.4) is 0 Å². The van der Waals surface area contributed by atoms with Gasteiger partial charge >= 0.3 is 0 Å². The molecule has 1 aliphatic carbocycles. The first-order chi connectivity index (χ1) is 15.4. The molecule has 0 bridgehead atoms. The van der Waals surface area contributed by atoms with Crippen molar-refractivity contribution in [1.82, 2.24) is 15.0 Å². The topological polar surface area (TPSA) is 86.3 Å². The first-order valence-corrected chi connectivity index (χ1v) is 12.1. The molecule has 0 unspecified atom stereocenters. The fraction of sp³-hybridized carbons (Fsp3) is 0.440. The van der Waals surface area contributed by atoms with E-state index >= 15 is 0 Å². The van der Waals surface area contributed by atoms with Crippen LogP contribution >= 0.6 is 11.3 Å². The van der Waals surface area contributed by atoms with E-state index in [-0.39, 0.29) is 0 Å². The number of ether oxygens (including phenoxy) is 1. The third-order valence-electron chi connectivity index (χ3n) is 6.62. The summed E-state index contributed by atoms with van der Waals surface area (Å²) >= 11 is 1.84. The van der Waals surface area contributed by atoms with Crippen molar-refractivity contribution in [2.75, 3.05) is 5.73 Å². The minimum absolute atomic E-state index is 0.338. The van der Waals surface area contributed by atoms with Gasteiger partial charge in [0.1, 0.15) is 11.9 Å². The number of thiazole rings is 1. The Kier molecular flexibility index (Phi) is 5.45. The van der Waals surface area contributed by atoms with Crippen molar-refractivity contribution in [3.05, 3.63) is 57.8 Å². The molecule has 1 aromatic carbocycles. The van der Waals surface area contributed by atoms with Crippen LogP contribution in [-0.4, -0.2) is 26.3 Å². The van der Waals surface area contributed by atoms with Crippen molar-refractivity contribution < 1.29 is 4.74 Å². The second-order valence-corrected chi connectivity index (χ2v) is 10.7. The summed E-state index contributed by atoms with van der Waals surface area (Å²) in [5.74, 6) is 2.19. The average molecular weight is 448 g/mol. The third-order valence-corrected chi connectivity index (χ3v) is 7.56. The number of rotatable bonds is 4. The van der Waals surface area contributed by atoms with Crippen LogP contribution in [-0.2, 0) is 6.42 Å². The zero-order valence-electron chi connectivity index (χ0n) is 18.8. The molecule has 3 heterocycles. The lowest BCUT2D eigenvalue weighted by Crippen LogP contribution is -2.41. The van der Waals surface area contributed by atoms with Crippen molar-refractivity contribution in [3.63, 3.8) is 0 Å². The maximum Gasteiger partial charge on any atom is 0.246 e. The summed E-state index contributed by atoms with van der Waals surface area (Å²) in [7, 11) is 0. The Morgan fingerprint density at radius 1 is 1.06 bits per heavy atom. The lowest BCUT2D eigenvalue weighted by molar-refractivity contribution is 0.171. The maximum absolute atomic E-state index is 6.11. The van der Waals surface area contributed by atoms with Crippen LogP contribution in [0.1, 0.15) is 66.5 Å². The summed E-state index contributed by atoms with van der Waals surface area (Å²) in [5.41, 5.74) is 9.24. The van der Waals surface area contributed by atoms with Gasteiger partial charge in [-0.1, -0.05) is 24.3 Å². The molecule has 6 nitrogen and oxygen atoms in total. The highest BCUT2D eigenvalue weighted by molar-refractivity contribution is 7.11. The quantitative estimate of drug-likeness (QED) is 0.560. The summed E-state index contributed by atoms with van der Waals surface area (Å²) in [6.07, 6.45) is 9.71. The molecule has 2 aliphatic rings. The number of hydrogen-bond acceptors (Lipinski definition) is 7. The molecule has 0 radical (unpaired) electrons. The minimum atomic E-state index is -0.595. The van der Waals surface area contributed by atoms with Gasteiger partial charge in [0.2, 0.25) is 5.88 Å². The zero-order valence-corrected chi connectivity index (χ0v) is 19.7. The van der Waals surface area contributed by atoms with E-state index < -0.39 is 5.60 Å². The van der Waals surface area contributed by atoms with Gasteiger partial charge in [0.25, 0.3) is 0 Å². The maximum atomic E-state index is 6.11. The molecular formula is C25H29N5OS. The lowest BCUT2D eigenvalue weighted by atomic mass is 9.77. The van der Waals surface area contributed by atoms with Gasteiger partial charge in [-0.05, 0) is 70.3 Å². The first kappa shape index (κ1) is 21.1. The highest BCUT2D eigenvalue weighted by atomic mass is 32.1. The van der Waals surface area contributed by atoms with Gasteiger partial charge in [-0.15, -0.1) is 11.3 Å². The number of fused-ring (bicyclic) bond motifs is 1. The molecule has 5 rings (SSSR count). The van der Waals surface area contributed by atoms with Crippen molar-refractivity contribution in [1.29, 1.82) is 0 Å². The average Bonchev–Trinajstić information content (AvgIpc) is 3.18. The van der Waals surface area contributed by atoms with Gasteiger partial charge in [-0.25, -0.2) is 15.0 Å². The fourth-order valence-corrected chi connectivity index (χ4v) is 5.81. The second kappa shape index (κ2) is 8.28. The molecule has 1 fully saturated rings. The molecule has 0 saturated heterocycles. The van der Waals surface area contributed by atoms with Gasteiger partial charge in [0, 0.05) is 16.6 Å². The molecule has 2 aromatic heterocycles. The monoisotopic (exact) mass is 447 g/mol. The Morgan fingerprint density at radius 2 is 1.81 bits per heavy atom. The summed E-state index contributed by atoms with van der Waals surface area (Å²) in [6.45, 7) is 6.10. The van der Waals surface area contributed by atoms with Crippen molar-refractivity contribution in [2.24, 2.45) is 10.9 Å². The van der Waals surface area contributed by atoms with Crippen LogP contribution in [0.2, 0.25) is 0 Å². The summed E-state index contributed by atoms with van der Waals surface area (Å²) in [4.78, 5) is 18.9. The zero-order chi connectivity index (χ0) is 22.3. The fourth-order valence-electron chi connectivity index (χ4n) is 4.90. The van der Waals surface area contributed by atoms with Crippen LogP contribution in [0.5, 0.6) is 5.88 Å². The van der Waals surface area contributed by atoms with Gasteiger partial charge in [-0.3, -0.25) is 0 Å². The molecule has 1 aliphatic heterocycles. The highest BCUT2D eigenvalue weighted by Crippen LogP contribution is 2.40. The van der Waals surface area contributed by atoms with Crippen molar-refractivity contribution >= 4 is 28.6 Å². The second-order valence-electron chi connectivity index (χ2n) is 9.37. The minimum Gasteiger partial charge on any atom is -0.463 e. The SMILES string of the molecule is Cc1ncc(C[C@H]2CC[C@H](c3ccc(C4=Nc5c(N)ncnc5OC4(C)C)cc3)CC2)s1. The van der Waals surface area contributed by atoms with Crippen LogP contribution in [0, 0.1) is 12.8 Å². The van der Waals surface area contributed by atoms with Crippen LogP contribution in [0.25, 0.3) is 0 Å². The molecule has 1 saturated carbocycles. The number of aliphatic imine (C=N–C) groups is 1. The Labute approximate surface area is 193 Å². The Morgan fingerprint density at radius 3 is 2.50 bits per heavy atom. The van der Waals surface area contributed by atoms with E-state index in [1.807, 2.05) is 25.2 Å². The van der Waals surface area contributed by atoms with Crippen LogP contribution < -0.4 is 10.5 Å². The van der Waals surface area contributed by atoms with E-state index in [1.165, 1.54) is 53.9 Å². The van der Waals surface area contributed by atoms with Crippen LogP contribution in [0.4, 0.5) is 11.5 Å². The first-order valence-electron chi connectivity index (χ1n) is 11.3. The summed E-state index contributed by atoms with van der Waals surface area (Å²) in [5, 5.41) is 1.17. The van der Waals surface area contributed by atoms with E-state index in [2.05, 4.69) is 52.3 Å². The number of anilines is 1. The molecule has 2 N–H and O–H groups in total. The number of nitrogen functional groups attached to an aromatic ring is 1. The van der Waals surface area contributed by atoms with E-state index in [4.69, 9.17) is 15.5 Å². The van der Waals surface area contributed by atoms with Crippen molar-refractivity contribution in [2.45, 2.75) is 64.4 Å². The van der Waals surface area contributed by atoms with Gasteiger partial charge in [-0.2, -0.15) is 4.98 Å². The molecule has 166 valence electrons. The molecule has 7 heteroatoms. The Bertz CT molecular complexity index is 1140. The summed E-state index contributed by atoms with van der Waals surface area (Å²) < 4.78 is 6.11. The number of hydrogen-bond donors (Lipinski definition) is 1. The normalized spacial score (nSPS) is 22.0. The molecule has 0 atom stereocenters. The van der Waals surface area contributed by atoms with Gasteiger partial charge < -0.3 is 10.5 Å². The van der Waals surface area contributed by atoms with Gasteiger partial charge in [0.05, 0.1) is 10.7 Å². The Balaban J connectivity index is 1.29. The molecule has 3 aromatic rings. The number of nitrogens with zero attached hydrogens (tertiary/aromatic N) is 4. The molecular weight excluding hydrogens is 418 g/mol. The van der Waals surface area contributed by atoms with E-state index in [0.29, 0.717) is 23.3 Å². The smallest absolute Gasteiger partial charge is 0.246 e. The third kappa shape index (κ3) is 4.13. The van der Waals surface area contributed by atoms with E-state index in [9.17, 15) is 0 Å². The predicted molar refractivity (Wildman–Crippen MR) is 129 cm³/mol. The van der Waals surface area contributed by atoms with Crippen molar-refractivity contribution in [3.8, 4) is 5.88 Å².